The lowest BCUT2D eigenvalue weighted by Crippen LogP contribution is -2.52. The zero-order chi connectivity index (χ0) is 20.8. The second-order valence-electron chi connectivity index (χ2n) is 6.46. The fourth-order valence-corrected chi connectivity index (χ4v) is 3.35. The van der Waals surface area contributed by atoms with E-state index in [-0.39, 0.29) is 11.6 Å². The van der Waals surface area contributed by atoms with E-state index in [0.29, 0.717) is 49.2 Å². The maximum absolute atomic E-state index is 12.4. The lowest BCUT2D eigenvalue weighted by molar-refractivity contribution is -0.384. The molecule has 1 amide bonds. The van der Waals surface area contributed by atoms with Crippen molar-refractivity contribution < 1.29 is 14.5 Å². The Morgan fingerprint density at radius 2 is 1.72 bits per heavy atom. The fraction of sp³-hybridized carbons (Fsp3) is 0.300. The third kappa shape index (κ3) is 5.20. The third-order valence-electron chi connectivity index (χ3n) is 4.64. The van der Waals surface area contributed by atoms with Gasteiger partial charge in [0.05, 0.1) is 11.5 Å². The average molecular weight is 414 g/mol. The minimum atomic E-state index is -0.410. The minimum Gasteiger partial charge on any atom is -0.494 e. The minimum absolute atomic E-state index is 0.0746. The number of anilines is 1. The van der Waals surface area contributed by atoms with E-state index in [0.717, 1.165) is 5.69 Å². The number of carbonyl (C=O) groups excluding carboxylic acids is 1. The molecular weight excluding hydrogens is 392 g/mol. The molecule has 1 fully saturated rings. The van der Waals surface area contributed by atoms with Crippen molar-refractivity contribution in [2.75, 3.05) is 37.7 Å². The highest BCUT2D eigenvalue weighted by Crippen LogP contribution is 2.20. The molecule has 2 aromatic carbocycles. The van der Waals surface area contributed by atoms with Gasteiger partial charge in [0, 0.05) is 49.6 Å². The summed E-state index contributed by atoms with van der Waals surface area (Å²) in [5, 5.41) is 13.9. The summed E-state index contributed by atoms with van der Waals surface area (Å²) < 4.78 is 5.38. The monoisotopic (exact) mass is 414 g/mol. The third-order valence-corrected chi connectivity index (χ3v) is 5.00. The van der Waals surface area contributed by atoms with Gasteiger partial charge >= 0.3 is 0 Å². The summed E-state index contributed by atoms with van der Waals surface area (Å²) in [5.74, 6) is 0.463. The molecule has 8 nitrogen and oxygen atoms in total. The number of nitrogens with zero attached hydrogens (tertiary/aromatic N) is 3. The molecule has 152 valence electrons. The molecule has 1 N–H and O–H groups in total. The number of thiocarbonyl (C=S) groups is 1. The topological polar surface area (TPSA) is 88.0 Å². The molecule has 1 saturated heterocycles. The number of non-ortho nitro benzene ring substituents is 1. The summed E-state index contributed by atoms with van der Waals surface area (Å²) in [6.07, 6.45) is 0. The van der Waals surface area contributed by atoms with Crippen molar-refractivity contribution in [1.82, 2.24) is 10.2 Å². The van der Waals surface area contributed by atoms with Crippen LogP contribution >= 0.6 is 12.2 Å². The van der Waals surface area contributed by atoms with Crippen LogP contribution in [0, 0.1) is 10.1 Å². The van der Waals surface area contributed by atoms with Crippen LogP contribution in [-0.2, 0) is 0 Å². The number of nitrogens with one attached hydrogen (secondary N) is 1. The van der Waals surface area contributed by atoms with E-state index in [4.69, 9.17) is 17.0 Å². The van der Waals surface area contributed by atoms with Crippen molar-refractivity contribution in [3.8, 4) is 5.75 Å². The number of nitro benzene ring substituents is 1. The Bertz CT molecular complexity index is 878. The Labute approximate surface area is 174 Å². The number of piperazine rings is 1. The van der Waals surface area contributed by atoms with Crippen LogP contribution in [0.5, 0.6) is 5.75 Å². The predicted octanol–water partition coefficient (Wildman–Crippen LogP) is 2.83. The van der Waals surface area contributed by atoms with Gasteiger partial charge in [-0.05, 0) is 55.5 Å². The Kier molecular flexibility index (Phi) is 6.61. The average Bonchev–Trinajstić information content (AvgIpc) is 2.74. The Morgan fingerprint density at radius 1 is 1.10 bits per heavy atom. The first-order valence-electron chi connectivity index (χ1n) is 9.30. The number of hydrogen-bond acceptors (Lipinski definition) is 6. The van der Waals surface area contributed by atoms with Crippen LogP contribution in [0.2, 0.25) is 0 Å². The molecule has 0 bridgehead atoms. The van der Waals surface area contributed by atoms with Gasteiger partial charge in [-0.2, -0.15) is 0 Å². The van der Waals surface area contributed by atoms with Crippen molar-refractivity contribution in [3.63, 3.8) is 0 Å². The van der Waals surface area contributed by atoms with Gasteiger partial charge in [-0.15, -0.1) is 0 Å². The second-order valence-corrected chi connectivity index (χ2v) is 6.85. The van der Waals surface area contributed by atoms with Crippen molar-refractivity contribution in [2.24, 2.45) is 0 Å². The van der Waals surface area contributed by atoms with Crippen molar-refractivity contribution >= 4 is 34.6 Å². The van der Waals surface area contributed by atoms with Gasteiger partial charge in [0.25, 0.3) is 11.6 Å². The number of benzene rings is 2. The van der Waals surface area contributed by atoms with E-state index in [1.54, 1.807) is 36.4 Å². The largest absolute Gasteiger partial charge is 0.494 e. The number of ether oxygens (including phenoxy) is 1. The molecule has 0 radical (unpaired) electrons. The highest BCUT2D eigenvalue weighted by Gasteiger charge is 2.21. The van der Waals surface area contributed by atoms with E-state index < -0.39 is 4.92 Å². The van der Waals surface area contributed by atoms with Crippen molar-refractivity contribution in [3.05, 3.63) is 64.2 Å². The molecular formula is C20H22N4O4S. The summed E-state index contributed by atoms with van der Waals surface area (Å²) in [4.78, 5) is 26.9. The van der Waals surface area contributed by atoms with Crippen LogP contribution in [0.15, 0.2) is 48.5 Å². The van der Waals surface area contributed by atoms with Gasteiger partial charge in [-0.1, -0.05) is 0 Å². The first kappa shape index (κ1) is 20.5. The van der Waals surface area contributed by atoms with Crippen LogP contribution in [0.1, 0.15) is 17.3 Å². The first-order chi connectivity index (χ1) is 14.0. The maximum Gasteiger partial charge on any atom is 0.269 e. The van der Waals surface area contributed by atoms with Gasteiger partial charge in [0.15, 0.2) is 5.11 Å². The van der Waals surface area contributed by atoms with Crippen LogP contribution < -0.4 is 15.0 Å². The molecule has 0 atom stereocenters. The van der Waals surface area contributed by atoms with Gasteiger partial charge < -0.3 is 14.5 Å². The van der Waals surface area contributed by atoms with E-state index >= 15 is 0 Å². The molecule has 2 aromatic rings. The summed E-state index contributed by atoms with van der Waals surface area (Å²) in [6, 6.07) is 13.4. The summed E-state index contributed by atoms with van der Waals surface area (Å²) in [5.41, 5.74) is 1.52. The normalized spacial score (nSPS) is 13.7. The predicted molar refractivity (Wildman–Crippen MR) is 115 cm³/mol. The molecule has 1 aliphatic rings. The molecule has 0 spiro atoms. The number of carbonyl (C=O) groups is 1. The van der Waals surface area contributed by atoms with E-state index in [1.807, 2.05) is 11.8 Å². The molecule has 9 heteroatoms. The summed E-state index contributed by atoms with van der Waals surface area (Å²) >= 11 is 5.39. The molecule has 0 unspecified atom stereocenters. The molecule has 0 aliphatic carbocycles. The zero-order valence-corrected chi connectivity index (χ0v) is 16.9. The zero-order valence-electron chi connectivity index (χ0n) is 16.0. The van der Waals surface area contributed by atoms with Gasteiger partial charge in [-0.25, -0.2) is 0 Å². The molecule has 29 heavy (non-hydrogen) atoms. The van der Waals surface area contributed by atoms with Gasteiger partial charge in [-0.3, -0.25) is 20.2 Å². The van der Waals surface area contributed by atoms with Crippen LogP contribution in [0.4, 0.5) is 11.4 Å². The molecule has 1 aliphatic heterocycles. The molecule has 0 aromatic heterocycles. The van der Waals surface area contributed by atoms with Crippen LogP contribution in [0.25, 0.3) is 0 Å². The van der Waals surface area contributed by atoms with Gasteiger partial charge in [0.2, 0.25) is 0 Å². The number of nitro groups is 1. The number of rotatable bonds is 5. The van der Waals surface area contributed by atoms with E-state index in [1.165, 1.54) is 12.1 Å². The highest BCUT2D eigenvalue weighted by atomic mass is 32.1. The maximum atomic E-state index is 12.4. The lowest BCUT2D eigenvalue weighted by atomic mass is 10.2. The van der Waals surface area contributed by atoms with Crippen molar-refractivity contribution in [2.45, 2.75) is 6.92 Å². The van der Waals surface area contributed by atoms with Crippen LogP contribution in [0.3, 0.4) is 0 Å². The SMILES string of the molecule is CCOc1ccc(C(=O)NC(=S)N2CCN(c3ccc([N+](=O)[O-])cc3)CC2)cc1. The molecule has 0 saturated carbocycles. The van der Waals surface area contributed by atoms with Crippen LogP contribution in [-0.4, -0.2) is 53.6 Å². The Morgan fingerprint density at radius 3 is 2.28 bits per heavy atom. The van der Waals surface area contributed by atoms with Crippen molar-refractivity contribution in [1.29, 1.82) is 0 Å². The smallest absolute Gasteiger partial charge is 0.269 e. The number of hydrogen-bond donors (Lipinski definition) is 1. The quantitative estimate of drug-likeness (QED) is 0.457. The standard InChI is InChI=1S/C20H22N4O4S/c1-2-28-18-9-3-15(4-10-18)19(25)21-20(29)23-13-11-22(12-14-23)16-5-7-17(8-6-16)24(26)27/h3-10H,2,11-14H2,1H3,(H,21,25,29). The Hall–Kier alpha value is -3.20. The Balaban J connectivity index is 1.51. The summed E-state index contributed by atoms with van der Waals surface area (Å²) in [7, 11) is 0. The highest BCUT2D eigenvalue weighted by molar-refractivity contribution is 7.80. The first-order valence-corrected chi connectivity index (χ1v) is 9.71. The van der Waals surface area contributed by atoms with E-state index in [2.05, 4.69) is 10.2 Å². The lowest BCUT2D eigenvalue weighted by Gasteiger charge is -2.37. The summed E-state index contributed by atoms with van der Waals surface area (Å²) in [6.45, 7) is 5.19. The number of amides is 1. The molecule has 1 heterocycles. The second kappa shape index (κ2) is 9.33. The molecule has 3 rings (SSSR count). The fourth-order valence-electron chi connectivity index (χ4n) is 3.07. The van der Waals surface area contributed by atoms with E-state index in [9.17, 15) is 14.9 Å². The van der Waals surface area contributed by atoms with Gasteiger partial charge in [0.1, 0.15) is 5.75 Å².